The van der Waals surface area contributed by atoms with Crippen molar-refractivity contribution < 1.29 is 13.5 Å². The Morgan fingerprint density at radius 1 is 1.24 bits per heavy atom. The highest BCUT2D eigenvalue weighted by molar-refractivity contribution is 5.28. The third-order valence-electron chi connectivity index (χ3n) is 2.54. The molecule has 0 spiro atoms. The standard InChI is InChI=1S/C13H19F2NO/c1-3-16-12(8-17-9-13(14)15)11-7-5-4-6-10(11)2/h4-7,12-13,16H,3,8-9H2,1-2H3. The highest BCUT2D eigenvalue weighted by Gasteiger charge is 2.13. The molecule has 0 saturated heterocycles. The van der Waals surface area contributed by atoms with Crippen LogP contribution in [0, 0.1) is 6.92 Å². The van der Waals surface area contributed by atoms with Gasteiger partial charge in [0.2, 0.25) is 0 Å². The van der Waals surface area contributed by atoms with Crippen molar-refractivity contribution in [2.45, 2.75) is 26.3 Å². The lowest BCUT2D eigenvalue weighted by Crippen LogP contribution is -2.26. The van der Waals surface area contributed by atoms with E-state index in [1.54, 1.807) is 0 Å². The Morgan fingerprint density at radius 2 is 1.94 bits per heavy atom. The van der Waals surface area contributed by atoms with E-state index in [0.717, 1.165) is 17.7 Å². The zero-order valence-electron chi connectivity index (χ0n) is 10.2. The van der Waals surface area contributed by atoms with E-state index in [9.17, 15) is 8.78 Å². The Labute approximate surface area is 101 Å². The molecule has 2 nitrogen and oxygen atoms in total. The highest BCUT2D eigenvalue weighted by atomic mass is 19.3. The van der Waals surface area contributed by atoms with Gasteiger partial charge in [-0.25, -0.2) is 8.78 Å². The summed E-state index contributed by atoms with van der Waals surface area (Å²) >= 11 is 0. The van der Waals surface area contributed by atoms with Gasteiger partial charge in [0.25, 0.3) is 6.43 Å². The zero-order valence-corrected chi connectivity index (χ0v) is 10.2. The quantitative estimate of drug-likeness (QED) is 0.795. The second-order valence-corrected chi connectivity index (χ2v) is 3.90. The summed E-state index contributed by atoms with van der Waals surface area (Å²) in [4.78, 5) is 0. The first kappa shape index (κ1) is 14.1. The van der Waals surface area contributed by atoms with Gasteiger partial charge in [0.1, 0.15) is 6.61 Å². The van der Waals surface area contributed by atoms with E-state index in [-0.39, 0.29) is 12.6 Å². The molecule has 0 aliphatic heterocycles. The summed E-state index contributed by atoms with van der Waals surface area (Å²) in [5.41, 5.74) is 2.24. The Kier molecular flexibility index (Phi) is 6.08. The maximum atomic E-state index is 12.0. The maximum Gasteiger partial charge on any atom is 0.261 e. The number of hydrogen-bond acceptors (Lipinski definition) is 2. The first-order chi connectivity index (χ1) is 8.15. The molecule has 1 aromatic carbocycles. The fraction of sp³-hybridized carbons (Fsp3) is 0.538. The van der Waals surface area contributed by atoms with E-state index in [0.29, 0.717) is 0 Å². The summed E-state index contributed by atoms with van der Waals surface area (Å²) < 4.78 is 29.0. The summed E-state index contributed by atoms with van der Waals surface area (Å²) in [5, 5.41) is 3.24. The van der Waals surface area contributed by atoms with Gasteiger partial charge >= 0.3 is 0 Å². The molecule has 0 fully saturated rings. The molecule has 0 aliphatic rings. The lowest BCUT2D eigenvalue weighted by Gasteiger charge is -2.20. The number of hydrogen-bond donors (Lipinski definition) is 1. The van der Waals surface area contributed by atoms with Crippen LogP contribution in [0.3, 0.4) is 0 Å². The summed E-state index contributed by atoms with van der Waals surface area (Å²) in [6, 6.07) is 7.88. The number of ether oxygens (including phenoxy) is 1. The first-order valence-electron chi connectivity index (χ1n) is 5.80. The fourth-order valence-electron chi connectivity index (χ4n) is 1.76. The predicted octanol–water partition coefficient (Wildman–Crippen LogP) is 2.93. The van der Waals surface area contributed by atoms with Gasteiger partial charge < -0.3 is 10.1 Å². The molecule has 0 radical (unpaired) electrons. The average molecular weight is 243 g/mol. The molecule has 1 N–H and O–H groups in total. The molecule has 0 saturated carbocycles. The van der Waals surface area contributed by atoms with Gasteiger partial charge in [0, 0.05) is 0 Å². The summed E-state index contributed by atoms with van der Waals surface area (Å²) in [5.74, 6) is 0. The number of halogens is 2. The summed E-state index contributed by atoms with van der Waals surface area (Å²) in [7, 11) is 0. The highest BCUT2D eigenvalue weighted by Crippen LogP contribution is 2.17. The Morgan fingerprint density at radius 3 is 2.53 bits per heavy atom. The van der Waals surface area contributed by atoms with E-state index in [1.165, 1.54) is 0 Å². The molecule has 1 rings (SSSR count). The van der Waals surface area contributed by atoms with Crippen LogP contribution < -0.4 is 5.32 Å². The SMILES string of the molecule is CCNC(COCC(F)F)c1ccccc1C. The van der Waals surface area contributed by atoms with E-state index < -0.39 is 13.0 Å². The third kappa shape index (κ3) is 4.79. The normalized spacial score (nSPS) is 13.0. The van der Waals surface area contributed by atoms with E-state index in [4.69, 9.17) is 4.74 Å². The Balaban J connectivity index is 2.62. The van der Waals surface area contributed by atoms with Gasteiger partial charge in [-0.05, 0) is 24.6 Å². The van der Waals surface area contributed by atoms with Crippen LogP contribution in [0.5, 0.6) is 0 Å². The van der Waals surface area contributed by atoms with Crippen molar-refractivity contribution in [3.05, 3.63) is 35.4 Å². The van der Waals surface area contributed by atoms with Crippen LogP contribution >= 0.6 is 0 Å². The Hall–Kier alpha value is -1.00. The molecule has 1 aromatic rings. The lowest BCUT2D eigenvalue weighted by molar-refractivity contribution is 0.00929. The minimum Gasteiger partial charge on any atom is -0.374 e. The largest absolute Gasteiger partial charge is 0.374 e. The van der Waals surface area contributed by atoms with Crippen molar-refractivity contribution in [2.24, 2.45) is 0 Å². The molecule has 4 heteroatoms. The van der Waals surface area contributed by atoms with E-state index in [1.807, 2.05) is 38.1 Å². The van der Waals surface area contributed by atoms with Gasteiger partial charge in [0.15, 0.2) is 0 Å². The lowest BCUT2D eigenvalue weighted by atomic mass is 10.0. The van der Waals surface area contributed by atoms with Gasteiger partial charge in [-0.15, -0.1) is 0 Å². The second-order valence-electron chi connectivity index (χ2n) is 3.90. The van der Waals surface area contributed by atoms with E-state index in [2.05, 4.69) is 5.32 Å². The average Bonchev–Trinajstić information content (AvgIpc) is 2.28. The predicted molar refractivity (Wildman–Crippen MR) is 64.4 cm³/mol. The van der Waals surface area contributed by atoms with Crippen molar-refractivity contribution in [1.82, 2.24) is 5.32 Å². The first-order valence-corrected chi connectivity index (χ1v) is 5.80. The molecule has 0 heterocycles. The topological polar surface area (TPSA) is 21.3 Å². The number of alkyl halides is 2. The van der Waals surface area contributed by atoms with Gasteiger partial charge in [0.05, 0.1) is 12.6 Å². The Bertz CT molecular complexity index is 331. The number of likely N-dealkylation sites (N-methyl/N-ethyl adjacent to an activating group) is 1. The molecular weight excluding hydrogens is 224 g/mol. The second kappa shape index (κ2) is 7.35. The molecule has 0 amide bonds. The van der Waals surface area contributed by atoms with Crippen LogP contribution in [0.2, 0.25) is 0 Å². The minimum atomic E-state index is -2.41. The molecule has 0 bridgehead atoms. The van der Waals surface area contributed by atoms with Crippen LogP contribution in [0.4, 0.5) is 8.78 Å². The molecule has 0 aromatic heterocycles. The molecule has 1 atom stereocenters. The van der Waals surface area contributed by atoms with Crippen molar-refractivity contribution >= 4 is 0 Å². The van der Waals surface area contributed by atoms with Crippen molar-refractivity contribution in [3.8, 4) is 0 Å². The molecule has 1 unspecified atom stereocenters. The molecular formula is C13H19F2NO. The fourth-order valence-corrected chi connectivity index (χ4v) is 1.76. The third-order valence-corrected chi connectivity index (χ3v) is 2.54. The van der Waals surface area contributed by atoms with Crippen molar-refractivity contribution in [1.29, 1.82) is 0 Å². The van der Waals surface area contributed by atoms with Crippen LogP contribution in [0.15, 0.2) is 24.3 Å². The van der Waals surface area contributed by atoms with Crippen LogP contribution in [-0.2, 0) is 4.74 Å². The maximum absolute atomic E-state index is 12.0. The number of rotatable bonds is 7. The van der Waals surface area contributed by atoms with Crippen molar-refractivity contribution in [2.75, 3.05) is 19.8 Å². The van der Waals surface area contributed by atoms with Crippen LogP contribution in [0.25, 0.3) is 0 Å². The van der Waals surface area contributed by atoms with Crippen LogP contribution in [-0.4, -0.2) is 26.2 Å². The zero-order chi connectivity index (χ0) is 12.7. The summed E-state index contributed by atoms with van der Waals surface area (Å²) in [6.07, 6.45) is -2.41. The van der Waals surface area contributed by atoms with Gasteiger partial charge in [-0.1, -0.05) is 31.2 Å². The van der Waals surface area contributed by atoms with Gasteiger partial charge in [-0.2, -0.15) is 0 Å². The van der Waals surface area contributed by atoms with Gasteiger partial charge in [-0.3, -0.25) is 0 Å². The number of nitrogens with one attached hydrogen (secondary N) is 1. The monoisotopic (exact) mass is 243 g/mol. The molecule has 96 valence electrons. The van der Waals surface area contributed by atoms with Crippen LogP contribution in [0.1, 0.15) is 24.1 Å². The molecule has 0 aliphatic carbocycles. The molecule has 17 heavy (non-hydrogen) atoms. The van der Waals surface area contributed by atoms with Crippen molar-refractivity contribution in [3.63, 3.8) is 0 Å². The smallest absolute Gasteiger partial charge is 0.261 e. The van der Waals surface area contributed by atoms with E-state index >= 15 is 0 Å². The number of aryl methyl sites for hydroxylation is 1. The number of benzene rings is 1. The summed E-state index contributed by atoms with van der Waals surface area (Å²) in [6.45, 7) is 4.53. The minimum absolute atomic E-state index is 0.0278.